The Hall–Kier alpha value is -2.25. The fourth-order valence-corrected chi connectivity index (χ4v) is 5.53. The number of aromatic nitrogens is 3. The minimum absolute atomic E-state index is 0.0111. The summed E-state index contributed by atoms with van der Waals surface area (Å²) in [4.78, 5) is 19.3. The van der Waals surface area contributed by atoms with Gasteiger partial charge in [-0.05, 0) is 44.4 Å². The molecule has 0 aromatic carbocycles. The Balaban J connectivity index is 1.17. The number of carbonyl (C=O) groups is 1. The van der Waals surface area contributed by atoms with Gasteiger partial charge in [0.05, 0.1) is 17.3 Å². The van der Waals surface area contributed by atoms with E-state index >= 15 is 0 Å². The van der Waals surface area contributed by atoms with Crippen molar-refractivity contribution in [1.82, 2.24) is 25.0 Å². The molecular weight excluding hydrogens is 366 g/mol. The highest BCUT2D eigenvalue weighted by Gasteiger charge is 2.62. The molecule has 1 N–H and O–H groups in total. The number of pyridine rings is 1. The van der Waals surface area contributed by atoms with Crippen molar-refractivity contribution in [1.29, 1.82) is 0 Å². The third kappa shape index (κ3) is 3.57. The molecule has 0 radical (unpaired) electrons. The number of ether oxygens (including phenoxy) is 1. The lowest BCUT2D eigenvalue weighted by Crippen LogP contribution is -2.41. The monoisotopic (exact) mass is 395 g/mol. The van der Waals surface area contributed by atoms with Crippen LogP contribution in [-0.2, 0) is 11.3 Å². The summed E-state index contributed by atoms with van der Waals surface area (Å²) in [7, 11) is 0. The van der Waals surface area contributed by atoms with E-state index in [9.17, 15) is 4.79 Å². The van der Waals surface area contributed by atoms with Crippen LogP contribution in [0.5, 0.6) is 0 Å². The van der Waals surface area contributed by atoms with Gasteiger partial charge >= 0.3 is 0 Å². The SMILES string of the molecule is Cc1ccc(C(=O)NC[C@H]2[C@H]3CN(CCCn4cccn4)C[C@]34CC[C@H]2O4)cn1. The summed E-state index contributed by atoms with van der Waals surface area (Å²) in [6.45, 7) is 6.73. The van der Waals surface area contributed by atoms with Crippen LogP contribution in [0.3, 0.4) is 0 Å². The summed E-state index contributed by atoms with van der Waals surface area (Å²) < 4.78 is 8.51. The Kier molecular flexibility index (Phi) is 4.87. The van der Waals surface area contributed by atoms with E-state index in [0.717, 1.165) is 51.1 Å². The van der Waals surface area contributed by atoms with Crippen LogP contribution in [0.25, 0.3) is 0 Å². The fraction of sp³-hybridized carbons (Fsp3) is 0.591. The van der Waals surface area contributed by atoms with Crippen LogP contribution in [-0.4, -0.2) is 63.5 Å². The maximum Gasteiger partial charge on any atom is 0.252 e. The number of rotatable bonds is 7. The molecule has 29 heavy (non-hydrogen) atoms. The lowest BCUT2D eigenvalue weighted by molar-refractivity contribution is 0.00261. The molecule has 3 fully saturated rings. The number of aryl methyl sites for hydroxylation is 2. The normalized spacial score (nSPS) is 30.6. The van der Waals surface area contributed by atoms with E-state index in [-0.39, 0.29) is 11.5 Å². The van der Waals surface area contributed by atoms with Crippen LogP contribution in [0, 0.1) is 18.8 Å². The van der Waals surface area contributed by atoms with Gasteiger partial charge in [0.1, 0.15) is 0 Å². The highest BCUT2D eigenvalue weighted by Crippen LogP contribution is 2.54. The summed E-state index contributed by atoms with van der Waals surface area (Å²) in [5, 5.41) is 7.43. The second-order valence-corrected chi connectivity index (χ2v) is 8.79. The second-order valence-electron chi connectivity index (χ2n) is 8.79. The molecule has 7 nitrogen and oxygen atoms in total. The van der Waals surface area contributed by atoms with Crippen molar-refractivity contribution >= 4 is 5.91 Å². The van der Waals surface area contributed by atoms with Crippen LogP contribution in [0.15, 0.2) is 36.8 Å². The average molecular weight is 396 g/mol. The van der Waals surface area contributed by atoms with E-state index < -0.39 is 0 Å². The zero-order valence-electron chi connectivity index (χ0n) is 17.0. The number of nitrogens with one attached hydrogen (secondary N) is 1. The molecule has 5 heterocycles. The zero-order valence-corrected chi connectivity index (χ0v) is 17.0. The largest absolute Gasteiger partial charge is 0.370 e. The smallest absolute Gasteiger partial charge is 0.252 e. The van der Waals surface area contributed by atoms with E-state index in [1.165, 1.54) is 0 Å². The zero-order chi connectivity index (χ0) is 19.8. The van der Waals surface area contributed by atoms with E-state index in [1.54, 1.807) is 6.20 Å². The van der Waals surface area contributed by atoms with Crippen molar-refractivity contribution in [3.05, 3.63) is 48.0 Å². The third-order valence-electron chi connectivity index (χ3n) is 6.95. The molecule has 0 aliphatic carbocycles. The maximum atomic E-state index is 12.5. The van der Waals surface area contributed by atoms with E-state index in [2.05, 4.69) is 20.3 Å². The van der Waals surface area contributed by atoms with Crippen molar-refractivity contribution in [2.75, 3.05) is 26.2 Å². The summed E-state index contributed by atoms with van der Waals surface area (Å²) >= 11 is 0. The number of likely N-dealkylation sites (tertiary alicyclic amines) is 1. The Morgan fingerprint density at radius 2 is 2.31 bits per heavy atom. The van der Waals surface area contributed by atoms with Gasteiger partial charge < -0.3 is 10.1 Å². The molecule has 4 atom stereocenters. The second kappa shape index (κ2) is 7.54. The molecule has 3 saturated heterocycles. The van der Waals surface area contributed by atoms with Crippen molar-refractivity contribution in [3.63, 3.8) is 0 Å². The molecule has 1 spiro atoms. The van der Waals surface area contributed by atoms with Crippen LogP contribution >= 0.6 is 0 Å². The molecule has 1 amide bonds. The number of carbonyl (C=O) groups excluding carboxylic acids is 1. The first-order valence-electron chi connectivity index (χ1n) is 10.7. The minimum Gasteiger partial charge on any atom is -0.370 e. The molecule has 7 heteroatoms. The van der Waals surface area contributed by atoms with E-state index in [0.29, 0.717) is 30.0 Å². The molecule has 2 aromatic heterocycles. The van der Waals surface area contributed by atoms with Gasteiger partial charge in [-0.15, -0.1) is 0 Å². The lowest BCUT2D eigenvalue weighted by atomic mass is 9.73. The van der Waals surface area contributed by atoms with Gasteiger partial charge in [-0.25, -0.2) is 0 Å². The fourth-order valence-electron chi connectivity index (χ4n) is 5.53. The predicted octanol–water partition coefficient (Wildman–Crippen LogP) is 1.89. The van der Waals surface area contributed by atoms with Gasteiger partial charge in [-0.3, -0.25) is 19.4 Å². The first kappa shape index (κ1) is 18.8. The molecule has 154 valence electrons. The summed E-state index contributed by atoms with van der Waals surface area (Å²) in [6, 6.07) is 5.69. The predicted molar refractivity (Wildman–Crippen MR) is 108 cm³/mol. The number of nitrogens with zero attached hydrogens (tertiary/aromatic N) is 4. The highest BCUT2D eigenvalue weighted by atomic mass is 16.5. The number of hydrogen-bond donors (Lipinski definition) is 1. The number of fused-ring (bicyclic) bond motifs is 1. The molecular formula is C22H29N5O2. The Morgan fingerprint density at radius 1 is 1.38 bits per heavy atom. The quantitative estimate of drug-likeness (QED) is 0.775. The van der Waals surface area contributed by atoms with Crippen molar-refractivity contribution < 1.29 is 9.53 Å². The van der Waals surface area contributed by atoms with Crippen LogP contribution in [0.2, 0.25) is 0 Å². The van der Waals surface area contributed by atoms with E-state index in [1.807, 2.05) is 42.2 Å². The molecule has 5 rings (SSSR count). The van der Waals surface area contributed by atoms with E-state index in [4.69, 9.17) is 4.74 Å². The number of hydrogen-bond acceptors (Lipinski definition) is 5. The molecule has 2 bridgehead atoms. The lowest BCUT2D eigenvalue weighted by Gasteiger charge is -2.29. The van der Waals surface area contributed by atoms with Crippen molar-refractivity contribution in [2.24, 2.45) is 11.8 Å². The van der Waals surface area contributed by atoms with Gasteiger partial charge in [0.2, 0.25) is 0 Å². The Labute approximate surface area is 171 Å². The van der Waals surface area contributed by atoms with Crippen LogP contribution in [0.4, 0.5) is 0 Å². The topological polar surface area (TPSA) is 72.3 Å². The van der Waals surface area contributed by atoms with Crippen molar-refractivity contribution in [2.45, 2.75) is 44.4 Å². The highest BCUT2D eigenvalue weighted by molar-refractivity contribution is 5.93. The molecule has 3 aliphatic heterocycles. The van der Waals surface area contributed by atoms with Crippen LogP contribution in [0.1, 0.15) is 35.3 Å². The average Bonchev–Trinajstić information content (AvgIpc) is 3.48. The first-order valence-corrected chi connectivity index (χ1v) is 10.7. The molecule has 3 aliphatic rings. The van der Waals surface area contributed by atoms with Crippen LogP contribution < -0.4 is 5.32 Å². The summed E-state index contributed by atoms with van der Waals surface area (Å²) in [5.41, 5.74) is 1.56. The maximum absolute atomic E-state index is 12.5. The third-order valence-corrected chi connectivity index (χ3v) is 6.95. The Bertz CT molecular complexity index is 853. The summed E-state index contributed by atoms with van der Waals surface area (Å²) in [5.74, 6) is 0.882. The van der Waals surface area contributed by atoms with Gasteiger partial charge in [0.15, 0.2) is 0 Å². The first-order chi connectivity index (χ1) is 14.1. The van der Waals surface area contributed by atoms with Gasteiger partial charge in [0, 0.05) is 68.8 Å². The minimum atomic E-state index is -0.0385. The van der Waals surface area contributed by atoms with Gasteiger partial charge in [0.25, 0.3) is 5.91 Å². The molecule has 0 unspecified atom stereocenters. The van der Waals surface area contributed by atoms with Crippen molar-refractivity contribution in [3.8, 4) is 0 Å². The molecule has 0 saturated carbocycles. The standard InChI is InChI=1S/C22H29N5O2/c1-16-4-5-17(12-23-16)21(28)24-13-18-19-14-26(9-3-11-27-10-2-8-25-27)15-22(19)7-6-20(18)29-22/h2,4-5,8,10,12,18-20H,3,6-7,9,11,13-15H2,1H3,(H,24,28)/t18-,19+,20+,22+/m0/s1. The molecule has 2 aromatic rings. The Morgan fingerprint density at radius 3 is 3.10 bits per heavy atom. The van der Waals surface area contributed by atoms with Gasteiger partial charge in [-0.2, -0.15) is 5.10 Å². The summed E-state index contributed by atoms with van der Waals surface area (Å²) in [6.07, 6.45) is 9.16. The van der Waals surface area contributed by atoms with Gasteiger partial charge in [-0.1, -0.05) is 0 Å². The number of amides is 1.